The molecule has 106 valence electrons. The van der Waals surface area contributed by atoms with Crippen LogP contribution in [0.4, 0.5) is 10.5 Å². The molecular weight excluding hydrogens is 330 g/mol. The highest BCUT2D eigenvalue weighted by Gasteiger charge is 2.22. The Kier molecular flexibility index (Phi) is 3.51. The van der Waals surface area contributed by atoms with Crippen molar-refractivity contribution in [2.45, 2.75) is 26.4 Å². The highest BCUT2D eigenvalue weighted by atomic mass is 79.9. The van der Waals surface area contributed by atoms with E-state index < -0.39 is 16.6 Å². The van der Waals surface area contributed by atoms with Crippen LogP contribution in [0.15, 0.2) is 22.8 Å². The van der Waals surface area contributed by atoms with E-state index in [0.29, 0.717) is 15.5 Å². The second-order valence-corrected chi connectivity index (χ2v) is 5.89. The lowest BCUT2D eigenvalue weighted by molar-refractivity contribution is -0.384. The standard InChI is InChI=1S/C12H12BrN3O4/c1-12(2,3)20-11(17)15-9-5-4-7(16(18)19)6-8(9)10(13)14-15/h4-6H,1-3H3. The van der Waals surface area contributed by atoms with Gasteiger partial charge in [0.2, 0.25) is 0 Å². The zero-order chi connectivity index (χ0) is 15.1. The van der Waals surface area contributed by atoms with Crippen molar-refractivity contribution in [2.75, 3.05) is 0 Å². The fourth-order valence-electron chi connectivity index (χ4n) is 1.63. The molecule has 1 heterocycles. The number of fused-ring (bicyclic) bond motifs is 1. The van der Waals surface area contributed by atoms with Crippen molar-refractivity contribution in [3.8, 4) is 0 Å². The van der Waals surface area contributed by atoms with Gasteiger partial charge in [0.1, 0.15) is 10.2 Å². The van der Waals surface area contributed by atoms with Gasteiger partial charge < -0.3 is 4.74 Å². The van der Waals surface area contributed by atoms with Gasteiger partial charge in [-0.1, -0.05) is 0 Å². The van der Waals surface area contributed by atoms with Gasteiger partial charge >= 0.3 is 6.09 Å². The first-order valence-electron chi connectivity index (χ1n) is 5.75. The number of nitro groups is 1. The summed E-state index contributed by atoms with van der Waals surface area (Å²) in [5, 5.41) is 15.2. The van der Waals surface area contributed by atoms with Gasteiger partial charge in [-0.2, -0.15) is 9.78 Å². The van der Waals surface area contributed by atoms with Crippen LogP contribution in [0.25, 0.3) is 10.9 Å². The normalized spacial score (nSPS) is 11.6. The van der Waals surface area contributed by atoms with Crippen molar-refractivity contribution >= 4 is 38.6 Å². The Hall–Kier alpha value is -1.96. The second kappa shape index (κ2) is 4.86. The van der Waals surface area contributed by atoms with Crippen molar-refractivity contribution in [1.82, 2.24) is 9.78 Å². The van der Waals surface area contributed by atoms with Crippen molar-refractivity contribution in [3.63, 3.8) is 0 Å². The topological polar surface area (TPSA) is 87.3 Å². The number of hydrogen-bond donors (Lipinski definition) is 0. The molecule has 0 aliphatic rings. The van der Waals surface area contributed by atoms with Crippen molar-refractivity contribution in [1.29, 1.82) is 0 Å². The van der Waals surface area contributed by atoms with Crippen LogP contribution >= 0.6 is 15.9 Å². The summed E-state index contributed by atoms with van der Waals surface area (Å²) in [5.41, 5.74) is -0.276. The third-order valence-electron chi connectivity index (χ3n) is 2.40. The number of nitro benzene ring substituents is 1. The number of hydrogen-bond acceptors (Lipinski definition) is 5. The van der Waals surface area contributed by atoms with Crippen LogP contribution in [0.3, 0.4) is 0 Å². The number of rotatable bonds is 1. The van der Waals surface area contributed by atoms with Gasteiger partial charge in [0.05, 0.1) is 10.4 Å². The van der Waals surface area contributed by atoms with E-state index >= 15 is 0 Å². The molecule has 0 fully saturated rings. The number of halogens is 1. The summed E-state index contributed by atoms with van der Waals surface area (Å²) in [6.07, 6.45) is -0.637. The zero-order valence-electron chi connectivity index (χ0n) is 11.1. The lowest BCUT2D eigenvalue weighted by Gasteiger charge is -2.19. The lowest BCUT2D eigenvalue weighted by atomic mass is 10.2. The first-order chi connectivity index (χ1) is 9.19. The van der Waals surface area contributed by atoms with Crippen LogP contribution in [0, 0.1) is 10.1 Å². The SMILES string of the molecule is CC(C)(C)OC(=O)n1nc(Br)c2cc([N+](=O)[O-])ccc21. The maximum atomic E-state index is 12.0. The molecule has 20 heavy (non-hydrogen) atoms. The summed E-state index contributed by atoms with van der Waals surface area (Å²) >= 11 is 3.19. The fourth-order valence-corrected chi connectivity index (χ4v) is 2.10. The van der Waals surface area contributed by atoms with Crippen LogP contribution in [-0.4, -0.2) is 26.4 Å². The van der Waals surface area contributed by atoms with Crippen molar-refractivity contribution in [3.05, 3.63) is 32.9 Å². The quantitative estimate of drug-likeness (QED) is 0.585. The van der Waals surface area contributed by atoms with E-state index in [1.165, 1.54) is 18.2 Å². The largest absolute Gasteiger partial charge is 0.442 e. The first-order valence-corrected chi connectivity index (χ1v) is 6.54. The number of nitrogens with zero attached hydrogens (tertiary/aromatic N) is 3. The summed E-state index contributed by atoms with van der Waals surface area (Å²) in [4.78, 5) is 22.3. The molecule has 2 aromatic rings. The molecule has 0 N–H and O–H groups in total. The van der Waals surface area contributed by atoms with Gasteiger partial charge in [-0.25, -0.2) is 4.79 Å². The molecule has 8 heteroatoms. The summed E-state index contributed by atoms with van der Waals surface area (Å²) in [5.74, 6) is 0. The number of non-ortho nitro benzene ring substituents is 1. The maximum absolute atomic E-state index is 12.0. The molecule has 0 bridgehead atoms. The summed E-state index contributed by atoms with van der Waals surface area (Å²) in [7, 11) is 0. The second-order valence-electron chi connectivity index (χ2n) is 5.14. The molecule has 0 unspecified atom stereocenters. The predicted molar refractivity (Wildman–Crippen MR) is 75.7 cm³/mol. The Morgan fingerprint density at radius 1 is 1.45 bits per heavy atom. The monoisotopic (exact) mass is 341 g/mol. The van der Waals surface area contributed by atoms with Crippen LogP contribution in [0.5, 0.6) is 0 Å². The van der Waals surface area contributed by atoms with Gasteiger partial charge in [-0.3, -0.25) is 10.1 Å². The molecule has 0 aliphatic carbocycles. The Morgan fingerprint density at radius 2 is 2.10 bits per heavy atom. The van der Waals surface area contributed by atoms with E-state index in [1.807, 2.05) is 0 Å². The summed E-state index contributed by atoms with van der Waals surface area (Å²) in [6, 6.07) is 4.14. The van der Waals surface area contributed by atoms with Crippen LogP contribution in [0.2, 0.25) is 0 Å². The number of ether oxygens (including phenoxy) is 1. The third-order valence-corrected chi connectivity index (χ3v) is 2.98. The van der Waals surface area contributed by atoms with Gasteiger partial charge in [0.15, 0.2) is 0 Å². The minimum Gasteiger partial charge on any atom is -0.442 e. The van der Waals surface area contributed by atoms with E-state index in [2.05, 4.69) is 21.0 Å². The number of aromatic nitrogens is 2. The maximum Gasteiger partial charge on any atom is 0.435 e. The van der Waals surface area contributed by atoms with Gasteiger partial charge in [-0.15, -0.1) is 0 Å². The summed E-state index contributed by atoms with van der Waals surface area (Å²) < 4.78 is 6.66. The van der Waals surface area contributed by atoms with E-state index in [1.54, 1.807) is 20.8 Å². The number of carbonyl (C=O) groups excluding carboxylic acids is 1. The average molecular weight is 342 g/mol. The first kappa shape index (κ1) is 14.4. The minimum absolute atomic E-state index is 0.0676. The predicted octanol–water partition coefficient (Wildman–Crippen LogP) is 3.49. The molecule has 2 rings (SSSR count). The van der Waals surface area contributed by atoms with Crippen LogP contribution in [-0.2, 0) is 4.74 Å². The third kappa shape index (κ3) is 2.79. The molecule has 0 radical (unpaired) electrons. The molecule has 0 amide bonds. The van der Waals surface area contributed by atoms with Gasteiger partial charge in [0.25, 0.3) is 5.69 Å². The lowest BCUT2D eigenvalue weighted by Crippen LogP contribution is -2.27. The van der Waals surface area contributed by atoms with Crippen LogP contribution < -0.4 is 0 Å². The van der Waals surface area contributed by atoms with E-state index in [-0.39, 0.29) is 5.69 Å². The molecule has 0 atom stereocenters. The molecule has 1 aromatic heterocycles. The molecule has 0 saturated heterocycles. The molecule has 0 saturated carbocycles. The number of carbonyl (C=O) groups is 1. The zero-order valence-corrected chi connectivity index (χ0v) is 12.7. The Labute approximate surface area is 122 Å². The highest BCUT2D eigenvalue weighted by molar-refractivity contribution is 9.10. The van der Waals surface area contributed by atoms with E-state index in [0.717, 1.165) is 4.68 Å². The minimum atomic E-state index is -0.650. The Balaban J connectivity index is 2.51. The number of benzene rings is 1. The van der Waals surface area contributed by atoms with E-state index in [4.69, 9.17) is 4.74 Å². The average Bonchev–Trinajstić information content (AvgIpc) is 2.64. The van der Waals surface area contributed by atoms with Crippen molar-refractivity contribution in [2.24, 2.45) is 0 Å². The van der Waals surface area contributed by atoms with Gasteiger partial charge in [-0.05, 0) is 42.8 Å². The fraction of sp³-hybridized carbons (Fsp3) is 0.333. The molecular formula is C12H12BrN3O4. The molecule has 0 spiro atoms. The Bertz CT molecular complexity index is 703. The molecule has 7 nitrogen and oxygen atoms in total. The molecule has 0 aliphatic heterocycles. The van der Waals surface area contributed by atoms with E-state index in [9.17, 15) is 14.9 Å². The highest BCUT2D eigenvalue weighted by Crippen LogP contribution is 2.27. The van der Waals surface area contributed by atoms with Gasteiger partial charge in [0, 0.05) is 17.5 Å². The smallest absolute Gasteiger partial charge is 0.435 e. The van der Waals surface area contributed by atoms with Crippen molar-refractivity contribution < 1.29 is 14.5 Å². The molecule has 1 aromatic carbocycles. The van der Waals surface area contributed by atoms with Crippen LogP contribution in [0.1, 0.15) is 20.8 Å². The summed E-state index contributed by atoms with van der Waals surface area (Å²) in [6.45, 7) is 5.24. The Morgan fingerprint density at radius 3 is 2.65 bits per heavy atom.